The Bertz CT molecular complexity index is 1600. The molecule has 1 aliphatic heterocycles. The number of aryl methyl sites for hydroxylation is 3. The molecule has 7 nitrogen and oxygen atoms in total. The number of rotatable bonds is 11. The Hall–Kier alpha value is -4.23. The Morgan fingerprint density at radius 2 is 1.74 bits per heavy atom. The predicted octanol–water partition coefficient (Wildman–Crippen LogP) is 5.55. The predicted molar refractivity (Wildman–Crippen MR) is 167 cm³/mol. The van der Waals surface area contributed by atoms with Gasteiger partial charge in [0.1, 0.15) is 5.82 Å². The fraction of sp³-hybridized carbons (Fsp3) is 0.343. The number of piperidine rings is 1. The average Bonchev–Trinajstić information content (AvgIpc) is 3.64. The summed E-state index contributed by atoms with van der Waals surface area (Å²) in [4.78, 5) is 17.0. The second kappa shape index (κ2) is 13.2. The maximum absolute atomic E-state index is 13.6. The van der Waals surface area contributed by atoms with Crippen molar-refractivity contribution in [2.24, 2.45) is 5.92 Å². The van der Waals surface area contributed by atoms with E-state index in [4.69, 9.17) is 10.2 Å². The zero-order valence-electron chi connectivity index (χ0n) is 24.4. The first-order chi connectivity index (χ1) is 20.7. The Morgan fingerprint density at radius 3 is 2.52 bits per heavy atom. The van der Waals surface area contributed by atoms with E-state index >= 15 is 0 Å². The number of hydrogen-bond donors (Lipinski definition) is 3. The van der Waals surface area contributed by atoms with Crippen LogP contribution in [0.4, 0.5) is 0 Å². The summed E-state index contributed by atoms with van der Waals surface area (Å²) >= 11 is 0. The first-order valence-corrected chi connectivity index (χ1v) is 15.3. The van der Waals surface area contributed by atoms with Gasteiger partial charge in [0.15, 0.2) is 5.82 Å². The highest BCUT2D eigenvalue weighted by atomic mass is 16.2. The summed E-state index contributed by atoms with van der Waals surface area (Å²) in [7, 11) is 0. The van der Waals surface area contributed by atoms with Gasteiger partial charge in [0.2, 0.25) is 5.91 Å². The van der Waals surface area contributed by atoms with Crippen LogP contribution in [0.15, 0.2) is 85.1 Å². The van der Waals surface area contributed by atoms with Gasteiger partial charge in [-0.05, 0) is 60.5 Å². The molecule has 2 atom stereocenters. The van der Waals surface area contributed by atoms with E-state index in [0.717, 1.165) is 61.4 Å². The zero-order chi connectivity index (χ0) is 28.7. The van der Waals surface area contributed by atoms with Crippen LogP contribution >= 0.6 is 0 Å². The minimum atomic E-state index is -0.313. The third-order valence-electron chi connectivity index (χ3n) is 8.50. The van der Waals surface area contributed by atoms with E-state index in [1.54, 1.807) is 0 Å². The van der Waals surface area contributed by atoms with E-state index in [9.17, 15) is 4.79 Å². The van der Waals surface area contributed by atoms with Gasteiger partial charge in [-0.15, -0.1) is 10.2 Å². The van der Waals surface area contributed by atoms with Crippen LogP contribution in [0.2, 0.25) is 0 Å². The van der Waals surface area contributed by atoms with Crippen molar-refractivity contribution >= 4 is 16.8 Å². The van der Waals surface area contributed by atoms with Gasteiger partial charge >= 0.3 is 0 Å². The molecule has 1 aliphatic rings. The lowest BCUT2D eigenvalue weighted by Crippen LogP contribution is -2.42. The van der Waals surface area contributed by atoms with Crippen LogP contribution in [0, 0.1) is 5.92 Å². The number of fused-ring (bicyclic) bond motifs is 1. The van der Waals surface area contributed by atoms with Crippen LogP contribution in [0.25, 0.3) is 10.9 Å². The van der Waals surface area contributed by atoms with Crippen molar-refractivity contribution in [3.63, 3.8) is 0 Å². The maximum atomic E-state index is 13.6. The number of aromatic amines is 1. The van der Waals surface area contributed by atoms with Crippen LogP contribution < -0.4 is 10.6 Å². The van der Waals surface area contributed by atoms with Crippen LogP contribution in [-0.4, -0.2) is 38.7 Å². The van der Waals surface area contributed by atoms with E-state index in [1.165, 1.54) is 22.1 Å². The third-order valence-corrected chi connectivity index (χ3v) is 8.50. The summed E-state index contributed by atoms with van der Waals surface area (Å²) in [5.41, 5.74) is 6.04. The summed E-state index contributed by atoms with van der Waals surface area (Å²) < 4.78 is 2.24. The number of para-hydroxylation sites is 1. The fourth-order valence-corrected chi connectivity index (χ4v) is 6.02. The first kappa shape index (κ1) is 27.9. The Labute approximate surface area is 247 Å². The van der Waals surface area contributed by atoms with E-state index in [2.05, 4.69) is 100 Å². The van der Waals surface area contributed by atoms with Gasteiger partial charge in [0.05, 0.1) is 18.5 Å². The molecule has 3 aromatic carbocycles. The number of nitrogens with one attached hydrogen (secondary N) is 3. The molecular formula is C35H40N6O. The minimum Gasteiger partial charge on any atom is -0.361 e. The second-order valence-corrected chi connectivity index (χ2v) is 11.4. The summed E-state index contributed by atoms with van der Waals surface area (Å²) in [6.45, 7) is 4.51. The molecule has 0 saturated carbocycles. The van der Waals surface area contributed by atoms with Crippen LogP contribution in [-0.2, 0) is 37.0 Å². The first-order valence-electron chi connectivity index (χ1n) is 15.3. The van der Waals surface area contributed by atoms with E-state index in [1.807, 2.05) is 12.1 Å². The zero-order valence-corrected chi connectivity index (χ0v) is 24.4. The number of carbonyl (C=O) groups is 1. The van der Waals surface area contributed by atoms with E-state index in [-0.39, 0.29) is 17.9 Å². The molecular weight excluding hydrogens is 520 g/mol. The van der Waals surface area contributed by atoms with Crippen LogP contribution in [0.1, 0.15) is 59.7 Å². The highest BCUT2D eigenvalue weighted by Gasteiger charge is 2.28. The maximum Gasteiger partial charge on any atom is 0.224 e. The summed E-state index contributed by atoms with van der Waals surface area (Å²) in [6.07, 6.45) is 7.25. The van der Waals surface area contributed by atoms with Crippen molar-refractivity contribution in [2.45, 2.75) is 58.0 Å². The standard InChI is InChI=1S/C35H40N6O/c1-2-25-14-16-27(17-15-25)24-41-33(19-18-26-9-4-3-5-10-26)39-40-34(41)32(38-35(42)28-11-8-20-36-22-28)21-29-23-37-31-13-7-6-12-30(29)31/h3-7,9-10,12-17,23,28,32,36-37H,2,8,11,18-22,24H2,1H3,(H,38,42)/t28-,32?/m0/s1. The topological polar surface area (TPSA) is 87.6 Å². The molecule has 7 heteroatoms. The highest BCUT2D eigenvalue weighted by Crippen LogP contribution is 2.26. The monoisotopic (exact) mass is 560 g/mol. The van der Waals surface area contributed by atoms with E-state index < -0.39 is 0 Å². The Kier molecular flexibility index (Phi) is 8.75. The van der Waals surface area contributed by atoms with Gasteiger partial charge in [-0.1, -0.05) is 79.7 Å². The largest absolute Gasteiger partial charge is 0.361 e. The lowest BCUT2D eigenvalue weighted by Gasteiger charge is -2.26. The highest BCUT2D eigenvalue weighted by molar-refractivity contribution is 5.83. The molecule has 3 heterocycles. The van der Waals surface area contributed by atoms with Crippen molar-refractivity contribution in [3.05, 3.63) is 119 Å². The number of benzene rings is 3. The fourth-order valence-electron chi connectivity index (χ4n) is 6.02. The number of H-pyrrole nitrogens is 1. The molecule has 0 aliphatic carbocycles. The van der Waals surface area contributed by atoms with Crippen molar-refractivity contribution in [2.75, 3.05) is 13.1 Å². The third kappa shape index (κ3) is 6.47. The molecule has 0 spiro atoms. The normalized spacial score (nSPS) is 16.0. The second-order valence-electron chi connectivity index (χ2n) is 11.4. The van der Waals surface area contributed by atoms with Crippen molar-refractivity contribution in [1.29, 1.82) is 0 Å². The summed E-state index contributed by atoms with van der Waals surface area (Å²) in [5.74, 6) is 1.78. The molecule has 1 unspecified atom stereocenters. The van der Waals surface area contributed by atoms with Gasteiger partial charge in [0, 0.05) is 36.5 Å². The van der Waals surface area contributed by atoms with Crippen molar-refractivity contribution in [3.8, 4) is 0 Å². The lowest BCUT2D eigenvalue weighted by molar-refractivity contribution is -0.126. The van der Waals surface area contributed by atoms with Gasteiger partial charge in [-0.3, -0.25) is 4.79 Å². The average molecular weight is 561 g/mol. The number of carbonyl (C=O) groups excluding carboxylic acids is 1. The van der Waals surface area contributed by atoms with Gasteiger partial charge in [-0.25, -0.2) is 0 Å². The molecule has 0 bridgehead atoms. The number of nitrogens with zero attached hydrogens (tertiary/aromatic N) is 3. The van der Waals surface area contributed by atoms with E-state index in [0.29, 0.717) is 19.5 Å². The molecule has 3 N–H and O–H groups in total. The molecule has 2 aromatic heterocycles. The SMILES string of the molecule is CCc1ccc(Cn2c(CCc3ccccc3)nnc2C(Cc2c[nH]c3ccccc23)NC(=O)[C@H]2CCCNC2)cc1. The lowest BCUT2D eigenvalue weighted by atomic mass is 9.97. The molecule has 216 valence electrons. The molecule has 6 rings (SSSR count). The molecule has 42 heavy (non-hydrogen) atoms. The molecule has 5 aromatic rings. The minimum absolute atomic E-state index is 0.0419. The number of aromatic nitrogens is 4. The Balaban J connectivity index is 1.36. The van der Waals surface area contributed by atoms with Gasteiger partial charge < -0.3 is 20.2 Å². The molecule has 0 radical (unpaired) electrons. The summed E-state index contributed by atoms with van der Waals surface area (Å²) in [5, 5.41) is 17.5. The molecule has 1 amide bonds. The molecule has 1 fully saturated rings. The smallest absolute Gasteiger partial charge is 0.224 e. The van der Waals surface area contributed by atoms with Crippen molar-refractivity contribution in [1.82, 2.24) is 30.4 Å². The van der Waals surface area contributed by atoms with Crippen molar-refractivity contribution < 1.29 is 4.79 Å². The Morgan fingerprint density at radius 1 is 0.952 bits per heavy atom. The van der Waals surface area contributed by atoms with Gasteiger partial charge in [-0.2, -0.15) is 0 Å². The van der Waals surface area contributed by atoms with Gasteiger partial charge in [0.25, 0.3) is 0 Å². The van der Waals surface area contributed by atoms with Crippen LogP contribution in [0.5, 0.6) is 0 Å². The summed E-state index contributed by atoms with van der Waals surface area (Å²) in [6, 6.07) is 27.3. The number of hydrogen-bond acceptors (Lipinski definition) is 4. The molecule has 1 saturated heterocycles. The van der Waals surface area contributed by atoms with Crippen LogP contribution in [0.3, 0.4) is 0 Å². The number of amides is 1. The quantitative estimate of drug-likeness (QED) is 0.198.